The van der Waals surface area contributed by atoms with Gasteiger partial charge in [0, 0.05) is 44.5 Å². The molecule has 2 amide bonds. The van der Waals surface area contributed by atoms with E-state index in [-0.39, 0.29) is 17.3 Å². The van der Waals surface area contributed by atoms with Gasteiger partial charge in [0.1, 0.15) is 17.4 Å². The van der Waals surface area contributed by atoms with Crippen LogP contribution in [0.2, 0.25) is 0 Å². The monoisotopic (exact) mass is 560 g/mol. The number of fused-ring (bicyclic) bond motifs is 1. The molecule has 0 spiro atoms. The van der Waals surface area contributed by atoms with Gasteiger partial charge in [-0.15, -0.1) is 5.73 Å². The minimum atomic E-state index is -0.621. The van der Waals surface area contributed by atoms with Gasteiger partial charge < -0.3 is 18.9 Å². The fraction of sp³-hybridized carbons (Fsp3) is 0.355. The number of hydrogen-bond donors (Lipinski definition) is 1. The minimum Gasteiger partial charge on any atom is -0.496 e. The number of methoxy groups -OCH3 is 3. The first-order valence-corrected chi connectivity index (χ1v) is 13.2. The number of urea groups is 1. The number of aliphatic imine (C=N–C) groups is 1. The number of hydrogen-bond acceptors (Lipinski definition) is 7. The quantitative estimate of drug-likeness (QED) is 0.299. The average Bonchev–Trinajstić information content (AvgIpc) is 2.97. The number of aryl methyl sites for hydroxylation is 1. The summed E-state index contributed by atoms with van der Waals surface area (Å²) in [5, 5.41) is 2.89. The number of ether oxygens (including phenoxy) is 4. The van der Waals surface area contributed by atoms with E-state index in [9.17, 15) is 9.18 Å². The fourth-order valence-electron chi connectivity index (χ4n) is 4.44. The number of amides is 2. The number of benzene rings is 1. The number of carbonyl (C=O) groups excluding carboxylic acids is 1. The van der Waals surface area contributed by atoms with Crippen LogP contribution in [-0.4, -0.2) is 51.3 Å². The third-order valence-corrected chi connectivity index (χ3v) is 6.56. The van der Waals surface area contributed by atoms with E-state index in [0.717, 1.165) is 18.4 Å². The Bertz CT molecular complexity index is 1470. The van der Waals surface area contributed by atoms with Crippen LogP contribution in [0.3, 0.4) is 0 Å². The third-order valence-electron chi connectivity index (χ3n) is 6.56. The van der Waals surface area contributed by atoms with Gasteiger partial charge in [-0.05, 0) is 50.5 Å². The Morgan fingerprint density at radius 1 is 1.22 bits per heavy atom. The maximum atomic E-state index is 14.9. The Morgan fingerprint density at radius 2 is 2.02 bits per heavy atom. The van der Waals surface area contributed by atoms with Crippen molar-refractivity contribution in [2.75, 3.05) is 39.4 Å². The van der Waals surface area contributed by atoms with E-state index < -0.39 is 12.1 Å². The Labute approximate surface area is 239 Å². The van der Waals surface area contributed by atoms with Crippen molar-refractivity contribution in [2.24, 2.45) is 4.99 Å². The van der Waals surface area contributed by atoms with Crippen LogP contribution in [0.25, 0.3) is 0 Å². The van der Waals surface area contributed by atoms with Crippen LogP contribution in [-0.2, 0) is 15.9 Å². The summed E-state index contributed by atoms with van der Waals surface area (Å²) < 4.78 is 36.4. The van der Waals surface area contributed by atoms with Crippen LogP contribution in [0, 0.1) is 24.6 Å². The molecule has 0 bridgehead atoms. The highest BCUT2D eigenvalue weighted by molar-refractivity contribution is 6.05. The molecule has 2 aliphatic heterocycles. The molecule has 1 aromatic heterocycles. The van der Waals surface area contributed by atoms with Crippen molar-refractivity contribution in [1.29, 1.82) is 0 Å². The first kappa shape index (κ1) is 29.6. The number of nitrogens with zero attached hydrogens (tertiary/aromatic N) is 3. The van der Waals surface area contributed by atoms with Crippen LogP contribution in [0.4, 0.5) is 15.0 Å². The number of rotatable bonds is 6. The van der Waals surface area contributed by atoms with Gasteiger partial charge in [0.25, 0.3) is 0 Å². The van der Waals surface area contributed by atoms with E-state index in [4.69, 9.17) is 23.9 Å². The van der Waals surface area contributed by atoms with E-state index in [1.807, 2.05) is 19.1 Å². The molecule has 10 heteroatoms. The lowest BCUT2D eigenvalue weighted by Gasteiger charge is -2.29. The van der Waals surface area contributed by atoms with Crippen molar-refractivity contribution in [2.45, 2.75) is 39.4 Å². The fourth-order valence-corrected chi connectivity index (χ4v) is 4.44. The van der Waals surface area contributed by atoms with Crippen LogP contribution in [0.15, 0.2) is 52.8 Å². The second kappa shape index (κ2) is 13.8. The Morgan fingerprint density at radius 3 is 2.76 bits per heavy atom. The van der Waals surface area contributed by atoms with Crippen LogP contribution >= 0.6 is 0 Å². The molecule has 214 valence electrons. The average molecular weight is 561 g/mol. The summed E-state index contributed by atoms with van der Waals surface area (Å²) in [7, 11) is 4.44. The normalized spacial score (nSPS) is 16.2. The highest BCUT2D eigenvalue weighted by Gasteiger charge is 2.26. The smallest absolute Gasteiger partial charge is 0.328 e. The zero-order valence-corrected chi connectivity index (χ0v) is 23.8. The zero-order chi connectivity index (χ0) is 29.4. The van der Waals surface area contributed by atoms with Crippen LogP contribution in [0.5, 0.6) is 11.5 Å². The van der Waals surface area contributed by atoms with E-state index in [2.05, 4.69) is 27.9 Å². The summed E-state index contributed by atoms with van der Waals surface area (Å²) in [6.07, 6.45) is 6.25. The first-order chi connectivity index (χ1) is 19.9. The maximum absolute atomic E-state index is 14.9. The molecule has 1 unspecified atom stereocenters. The molecule has 1 N–H and O–H groups in total. The summed E-state index contributed by atoms with van der Waals surface area (Å²) in [4.78, 5) is 24.1. The molecule has 0 saturated heterocycles. The summed E-state index contributed by atoms with van der Waals surface area (Å²) >= 11 is 0. The lowest BCUT2D eigenvalue weighted by Crippen LogP contribution is -2.45. The van der Waals surface area contributed by atoms with Gasteiger partial charge in [-0.2, -0.15) is 0 Å². The van der Waals surface area contributed by atoms with Gasteiger partial charge >= 0.3 is 6.03 Å². The second-order valence-electron chi connectivity index (χ2n) is 9.15. The van der Waals surface area contributed by atoms with Gasteiger partial charge in [-0.25, -0.2) is 19.2 Å². The van der Waals surface area contributed by atoms with E-state index in [0.29, 0.717) is 53.8 Å². The third kappa shape index (κ3) is 6.84. The molecule has 3 heterocycles. The lowest BCUT2D eigenvalue weighted by molar-refractivity contribution is -0.126. The van der Waals surface area contributed by atoms with Gasteiger partial charge in [0.2, 0.25) is 6.29 Å². The standard InChI is InChI=1S/C31H33FN4O5/c1-6-41-30(40-5)24-16-14-22-11-9-17-36(29(22)34-24)31(37)35-27-12-8-7-10-21(19-33-27)13-15-23-20(2)25(38-3)18-26(39-4)28(23)32/h8,10,14,16,18-19,30H,6,9,11-12,17H2,1-5H3,(H,33,35,37)/b21-19+. The number of amidine groups is 1. The summed E-state index contributed by atoms with van der Waals surface area (Å²) in [6, 6.07) is 4.96. The number of allylic oxidation sites excluding steroid dienone is 1. The summed E-state index contributed by atoms with van der Waals surface area (Å²) in [5.74, 6) is 6.71. The van der Waals surface area contributed by atoms with Gasteiger partial charge in [-0.1, -0.05) is 17.9 Å². The summed E-state index contributed by atoms with van der Waals surface area (Å²) in [6.45, 7) is 4.57. The van der Waals surface area contributed by atoms with Crippen LogP contribution in [0.1, 0.15) is 48.4 Å². The van der Waals surface area contributed by atoms with Gasteiger partial charge in [0.15, 0.2) is 11.6 Å². The molecule has 9 nitrogen and oxygen atoms in total. The number of carbonyl (C=O) groups is 1. The number of nitrogens with one attached hydrogen (secondary N) is 1. The molecule has 0 saturated carbocycles. The highest BCUT2D eigenvalue weighted by atomic mass is 19.1. The molecule has 1 aromatic carbocycles. The zero-order valence-electron chi connectivity index (χ0n) is 23.8. The number of pyridine rings is 1. The highest BCUT2D eigenvalue weighted by Crippen LogP contribution is 2.31. The lowest BCUT2D eigenvalue weighted by atomic mass is 10.1. The second-order valence-corrected chi connectivity index (χ2v) is 9.15. The summed E-state index contributed by atoms with van der Waals surface area (Å²) in [5.41, 5.74) is 5.79. The molecule has 4 rings (SSSR count). The Balaban J connectivity index is 1.57. The Kier molecular flexibility index (Phi) is 9.93. The predicted molar refractivity (Wildman–Crippen MR) is 154 cm³/mol. The van der Waals surface area contributed by atoms with Crippen molar-refractivity contribution in [3.05, 3.63) is 76.1 Å². The van der Waals surface area contributed by atoms with E-state index >= 15 is 0 Å². The molecule has 41 heavy (non-hydrogen) atoms. The van der Waals surface area contributed by atoms with E-state index in [1.165, 1.54) is 26.5 Å². The molecule has 1 atom stereocenters. The molecule has 2 aliphatic rings. The first-order valence-electron chi connectivity index (χ1n) is 13.2. The molecule has 0 fully saturated rings. The molecule has 0 radical (unpaired) electrons. The van der Waals surface area contributed by atoms with Crippen molar-refractivity contribution in [3.63, 3.8) is 0 Å². The van der Waals surface area contributed by atoms with Crippen molar-refractivity contribution in [1.82, 2.24) is 10.3 Å². The topological polar surface area (TPSA) is 94.5 Å². The van der Waals surface area contributed by atoms with Crippen LogP contribution < -0.4 is 19.7 Å². The predicted octanol–water partition coefficient (Wildman–Crippen LogP) is 5.14. The molecular formula is C31H33FN4O5. The number of aromatic nitrogens is 1. The molecule has 2 aromatic rings. The maximum Gasteiger partial charge on any atom is 0.328 e. The van der Waals surface area contributed by atoms with Crippen molar-refractivity contribution in [3.8, 4) is 23.3 Å². The largest absolute Gasteiger partial charge is 0.496 e. The SMILES string of the molecule is CCOC(OC)c1ccc2c(n1)N(C(=O)NC1=N/C=C(/C#Cc3c(C)c(OC)cc(OC)c3F)C=C=CC1)CCC2. The number of halogens is 1. The van der Waals surface area contributed by atoms with Gasteiger partial charge in [-0.3, -0.25) is 10.2 Å². The van der Waals surface area contributed by atoms with Crippen molar-refractivity contribution < 1.29 is 28.1 Å². The number of anilines is 1. The van der Waals surface area contributed by atoms with Gasteiger partial charge in [0.05, 0.1) is 31.1 Å². The molecule has 0 aliphatic carbocycles. The Hall–Kier alpha value is -4.42. The van der Waals surface area contributed by atoms with Crippen molar-refractivity contribution >= 4 is 17.7 Å². The molecular weight excluding hydrogens is 527 g/mol. The van der Waals surface area contributed by atoms with E-state index in [1.54, 1.807) is 31.1 Å². The minimum absolute atomic E-state index is 0.0402.